The molecule has 0 saturated carbocycles. The van der Waals surface area contributed by atoms with Crippen LogP contribution < -0.4 is 4.90 Å². The number of para-hydroxylation sites is 1. The van der Waals surface area contributed by atoms with Crippen molar-refractivity contribution in [2.45, 2.75) is 6.04 Å². The van der Waals surface area contributed by atoms with E-state index in [4.69, 9.17) is 0 Å². The van der Waals surface area contributed by atoms with Crippen molar-refractivity contribution in [1.82, 2.24) is 0 Å². The molecule has 3 aromatic rings. The minimum absolute atomic E-state index is 0.0759. The lowest BCUT2D eigenvalue weighted by atomic mass is 9.96. The van der Waals surface area contributed by atoms with Crippen LogP contribution >= 0.6 is 0 Å². The number of hydrogen-bond donors (Lipinski definition) is 1. The first-order chi connectivity index (χ1) is 11.4. The predicted molar refractivity (Wildman–Crippen MR) is 95.6 cm³/mol. The fourth-order valence-electron chi connectivity index (χ4n) is 2.96. The molecule has 3 aromatic carbocycles. The molecule has 23 heavy (non-hydrogen) atoms. The molecule has 1 N–H and O–H groups in total. The highest BCUT2D eigenvalue weighted by atomic mass is 16.3. The van der Waals surface area contributed by atoms with Crippen molar-refractivity contribution in [2.75, 3.05) is 18.1 Å². The maximum atomic E-state index is 9.60. The van der Waals surface area contributed by atoms with Gasteiger partial charge in [0.15, 0.2) is 0 Å². The molecule has 0 aromatic heterocycles. The molecule has 0 aliphatic heterocycles. The first-order valence-electron chi connectivity index (χ1n) is 7.92. The molecule has 3 rings (SSSR count). The van der Waals surface area contributed by atoms with Crippen molar-refractivity contribution in [3.63, 3.8) is 0 Å². The van der Waals surface area contributed by atoms with Gasteiger partial charge in [-0.15, -0.1) is 0 Å². The second-order valence-corrected chi connectivity index (χ2v) is 5.48. The maximum Gasteiger partial charge on any atom is 0.0796 e. The topological polar surface area (TPSA) is 23.5 Å². The first kappa shape index (κ1) is 15.3. The number of rotatable bonds is 6. The summed E-state index contributed by atoms with van der Waals surface area (Å²) < 4.78 is 0. The van der Waals surface area contributed by atoms with E-state index in [0.717, 1.165) is 5.69 Å². The summed E-state index contributed by atoms with van der Waals surface area (Å²) in [5.74, 6) is 0. The van der Waals surface area contributed by atoms with Crippen LogP contribution in [-0.2, 0) is 0 Å². The van der Waals surface area contributed by atoms with E-state index in [1.54, 1.807) is 0 Å². The number of anilines is 1. The first-order valence-corrected chi connectivity index (χ1v) is 7.92. The highest BCUT2D eigenvalue weighted by molar-refractivity contribution is 5.52. The van der Waals surface area contributed by atoms with Gasteiger partial charge in [0.1, 0.15) is 0 Å². The minimum Gasteiger partial charge on any atom is -0.395 e. The van der Waals surface area contributed by atoms with Crippen molar-refractivity contribution in [3.05, 3.63) is 102 Å². The van der Waals surface area contributed by atoms with Crippen molar-refractivity contribution in [2.24, 2.45) is 0 Å². The summed E-state index contributed by atoms with van der Waals surface area (Å²) in [7, 11) is 0. The number of benzene rings is 3. The van der Waals surface area contributed by atoms with Crippen LogP contribution in [0.3, 0.4) is 0 Å². The highest BCUT2D eigenvalue weighted by Crippen LogP contribution is 2.32. The van der Waals surface area contributed by atoms with Gasteiger partial charge in [0.2, 0.25) is 0 Å². The Bertz CT molecular complexity index is 658. The van der Waals surface area contributed by atoms with Gasteiger partial charge in [-0.25, -0.2) is 0 Å². The Morgan fingerprint density at radius 1 is 0.652 bits per heavy atom. The Morgan fingerprint density at radius 2 is 1.09 bits per heavy atom. The molecule has 0 aliphatic carbocycles. The second kappa shape index (κ2) is 7.61. The van der Waals surface area contributed by atoms with Crippen LogP contribution in [0, 0.1) is 0 Å². The summed E-state index contributed by atoms with van der Waals surface area (Å²) in [5.41, 5.74) is 3.55. The van der Waals surface area contributed by atoms with E-state index >= 15 is 0 Å². The van der Waals surface area contributed by atoms with Crippen molar-refractivity contribution < 1.29 is 5.11 Å². The highest BCUT2D eigenvalue weighted by Gasteiger charge is 2.22. The summed E-state index contributed by atoms with van der Waals surface area (Å²) in [6.45, 7) is 0.698. The van der Waals surface area contributed by atoms with Crippen molar-refractivity contribution in [1.29, 1.82) is 0 Å². The quantitative estimate of drug-likeness (QED) is 0.735. The standard InChI is InChI=1S/C21H21NO/c23-17-16-22(20-14-8-3-9-15-20)21(18-10-4-1-5-11-18)19-12-6-2-7-13-19/h1-15,21,23H,16-17H2. The van der Waals surface area contributed by atoms with E-state index in [2.05, 4.69) is 65.6 Å². The van der Waals surface area contributed by atoms with Gasteiger partial charge in [-0.1, -0.05) is 78.9 Å². The molecule has 0 bridgehead atoms. The zero-order chi connectivity index (χ0) is 15.9. The molecular weight excluding hydrogens is 282 g/mol. The van der Waals surface area contributed by atoms with Crippen LogP contribution in [0.2, 0.25) is 0 Å². The summed E-state index contributed by atoms with van der Waals surface area (Å²) >= 11 is 0. The van der Waals surface area contributed by atoms with Gasteiger partial charge in [-0.3, -0.25) is 0 Å². The molecule has 2 nitrogen and oxygen atoms in total. The van der Waals surface area contributed by atoms with Gasteiger partial charge >= 0.3 is 0 Å². The van der Waals surface area contributed by atoms with E-state index in [1.807, 2.05) is 30.3 Å². The van der Waals surface area contributed by atoms with E-state index in [-0.39, 0.29) is 12.6 Å². The second-order valence-electron chi connectivity index (χ2n) is 5.48. The average molecular weight is 303 g/mol. The molecule has 116 valence electrons. The lowest BCUT2D eigenvalue weighted by molar-refractivity contribution is 0.299. The molecular formula is C21H21NO. The molecule has 0 unspecified atom stereocenters. The Labute approximate surface area is 137 Å². The number of aliphatic hydroxyl groups is 1. The summed E-state index contributed by atoms with van der Waals surface area (Å²) in [6.07, 6.45) is 0. The normalized spacial score (nSPS) is 10.7. The smallest absolute Gasteiger partial charge is 0.0796 e. The zero-order valence-electron chi connectivity index (χ0n) is 13.0. The van der Waals surface area contributed by atoms with Crippen LogP contribution in [-0.4, -0.2) is 18.3 Å². The number of aliphatic hydroxyl groups excluding tert-OH is 1. The maximum absolute atomic E-state index is 9.60. The van der Waals surface area contributed by atoms with Crippen molar-refractivity contribution in [3.8, 4) is 0 Å². The Morgan fingerprint density at radius 3 is 1.52 bits per heavy atom. The minimum atomic E-state index is 0.0759. The number of hydrogen-bond acceptors (Lipinski definition) is 2. The summed E-state index contributed by atoms with van der Waals surface area (Å²) in [5, 5.41) is 9.60. The lowest BCUT2D eigenvalue weighted by Crippen LogP contribution is -2.32. The van der Waals surface area contributed by atoms with Gasteiger partial charge < -0.3 is 10.0 Å². The average Bonchev–Trinajstić information content (AvgIpc) is 2.64. The number of nitrogens with zero attached hydrogens (tertiary/aromatic N) is 1. The van der Waals surface area contributed by atoms with Gasteiger partial charge in [0.05, 0.1) is 12.6 Å². The van der Waals surface area contributed by atoms with Gasteiger partial charge in [0, 0.05) is 12.2 Å². The van der Waals surface area contributed by atoms with Crippen LogP contribution in [0.5, 0.6) is 0 Å². The molecule has 0 spiro atoms. The Kier molecular flexibility index (Phi) is 5.07. The lowest BCUT2D eigenvalue weighted by Gasteiger charge is -2.34. The molecule has 0 radical (unpaired) electrons. The third-order valence-corrected chi connectivity index (χ3v) is 3.97. The third kappa shape index (κ3) is 3.61. The molecule has 0 atom stereocenters. The summed E-state index contributed by atoms with van der Waals surface area (Å²) in [6, 6.07) is 31.2. The van der Waals surface area contributed by atoms with Crippen LogP contribution in [0.1, 0.15) is 17.2 Å². The predicted octanol–water partition coefficient (Wildman–Crippen LogP) is 4.27. The SMILES string of the molecule is OCCN(c1ccccc1)C(c1ccccc1)c1ccccc1. The molecule has 0 heterocycles. The Hall–Kier alpha value is -2.58. The fraction of sp³-hybridized carbons (Fsp3) is 0.143. The fourth-order valence-corrected chi connectivity index (χ4v) is 2.96. The van der Waals surface area contributed by atoms with E-state index in [9.17, 15) is 5.11 Å². The Balaban J connectivity index is 2.09. The molecule has 2 heteroatoms. The van der Waals surface area contributed by atoms with Gasteiger partial charge in [-0.2, -0.15) is 0 Å². The van der Waals surface area contributed by atoms with E-state index in [1.165, 1.54) is 11.1 Å². The van der Waals surface area contributed by atoms with E-state index < -0.39 is 0 Å². The molecule has 0 saturated heterocycles. The molecule has 0 amide bonds. The van der Waals surface area contributed by atoms with E-state index in [0.29, 0.717) is 6.54 Å². The van der Waals surface area contributed by atoms with Crippen LogP contribution in [0.4, 0.5) is 5.69 Å². The van der Waals surface area contributed by atoms with Gasteiger partial charge in [-0.05, 0) is 23.3 Å². The van der Waals surface area contributed by atoms with Crippen LogP contribution in [0.15, 0.2) is 91.0 Å². The van der Waals surface area contributed by atoms with Crippen LogP contribution in [0.25, 0.3) is 0 Å². The summed E-state index contributed by atoms with van der Waals surface area (Å²) in [4.78, 5) is 2.25. The molecule has 0 fully saturated rings. The zero-order valence-corrected chi connectivity index (χ0v) is 13.0. The third-order valence-electron chi connectivity index (χ3n) is 3.97. The monoisotopic (exact) mass is 303 g/mol. The largest absolute Gasteiger partial charge is 0.395 e. The van der Waals surface area contributed by atoms with Crippen molar-refractivity contribution >= 4 is 5.69 Å². The molecule has 0 aliphatic rings. The van der Waals surface area contributed by atoms with Gasteiger partial charge in [0.25, 0.3) is 0 Å².